The predicted molar refractivity (Wildman–Crippen MR) is 83.6 cm³/mol. The molecule has 0 spiro atoms. The van der Waals surface area contributed by atoms with Crippen LogP contribution in [0.15, 0.2) is 23.1 Å². The standard InChI is InChI=1S/C14H20F2N2O2S.ClH/c1-14(2)6-3-7-17-13(14)9-18-21(19,20)12-8-10(15)4-5-11(12)16;/h4-5,8,13,17-18H,3,6-7,9H2,1-2H3;1H. The molecule has 2 rings (SSSR count). The Balaban J connectivity index is 0.00000242. The Morgan fingerprint density at radius 3 is 2.68 bits per heavy atom. The molecular weight excluding hydrogens is 334 g/mol. The molecule has 1 atom stereocenters. The lowest BCUT2D eigenvalue weighted by Gasteiger charge is -2.39. The van der Waals surface area contributed by atoms with Crippen molar-refractivity contribution in [2.45, 2.75) is 37.6 Å². The van der Waals surface area contributed by atoms with Crippen molar-refractivity contribution in [2.24, 2.45) is 5.41 Å². The molecule has 1 heterocycles. The zero-order chi connectivity index (χ0) is 15.7. The van der Waals surface area contributed by atoms with Gasteiger partial charge in [0.1, 0.15) is 16.5 Å². The first kappa shape index (κ1) is 19.3. The third kappa shape index (κ3) is 4.38. The van der Waals surface area contributed by atoms with Crippen molar-refractivity contribution in [2.75, 3.05) is 13.1 Å². The molecule has 1 unspecified atom stereocenters. The maximum atomic E-state index is 13.6. The summed E-state index contributed by atoms with van der Waals surface area (Å²) in [4.78, 5) is -0.656. The molecular formula is C14H21ClF2N2O2S. The van der Waals surface area contributed by atoms with Gasteiger partial charge in [-0.05, 0) is 43.0 Å². The van der Waals surface area contributed by atoms with Gasteiger partial charge in [-0.3, -0.25) is 0 Å². The summed E-state index contributed by atoms with van der Waals surface area (Å²) in [5.41, 5.74) is -0.0543. The Kier molecular flexibility index (Phi) is 6.32. The average molecular weight is 355 g/mol. The molecule has 0 saturated carbocycles. The van der Waals surface area contributed by atoms with Crippen LogP contribution in [-0.2, 0) is 10.0 Å². The molecule has 8 heteroatoms. The van der Waals surface area contributed by atoms with Crippen molar-refractivity contribution in [1.29, 1.82) is 0 Å². The molecule has 1 aromatic rings. The number of rotatable bonds is 4. The van der Waals surface area contributed by atoms with Gasteiger partial charge in [0.2, 0.25) is 10.0 Å². The van der Waals surface area contributed by atoms with Crippen LogP contribution in [0.5, 0.6) is 0 Å². The van der Waals surface area contributed by atoms with Gasteiger partial charge in [-0.15, -0.1) is 12.4 Å². The summed E-state index contributed by atoms with van der Waals surface area (Å²) in [5, 5.41) is 3.26. The summed E-state index contributed by atoms with van der Waals surface area (Å²) < 4.78 is 53.3. The number of hydrogen-bond acceptors (Lipinski definition) is 3. The van der Waals surface area contributed by atoms with Gasteiger partial charge in [0.25, 0.3) is 0 Å². The SMILES string of the molecule is CC1(C)CCCNC1CNS(=O)(=O)c1cc(F)ccc1F.Cl. The molecule has 0 aliphatic carbocycles. The minimum absolute atomic E-state index is 0. The van der Waals surface area contributed by atoms with Crippen molar-refractivity contribution in [3.63, 3.8) is 0 Å². The molecule has 0 aromatic heterocycles. The van der Waals surface area contributed by atoms with Crippen LogP contribution in [0.3, 0.4) is 0 Å². The minimum atomic E-state index is -4.07. The number of halogens is 3. The first-order valence-electron chi connectivity index (χ1n) is 6.90. The molecule has 1 aliphatic heterocycles. The Morgan fingerprint density at radius 1 is 1.36 bits per heavy atom. The monoisotopic (exact) mass is 354 g/mol. The van der Waals surface area contributed by atoms with E-state index in [1.165, 1.54) is 0 Å². The van der Waals surface area contributed by atoms with Crippen molar-refractivity contribution >= 4 is 22.4 Å². The molecule has 4 nitrogen and oxygen atoms in total. The van der Waals surface area contributed by atoms with Crippen LogP contribution in [0.1, 0.15) is 26.7 Å². The van der Waals surface area contributed by atoms with Crippen LogP contribution in [-0.4, -0.2) is 27.5 Å². The number of piperidine rings is 1. The van der Waals surface area contributed by atoms with Crippen molar-refractivity contribution in [3.8, 4) is 0 Å². The molecule has 126 valence electrons. The highest BCUT2D eigenvalue weighted by Crippen LogP contribution is 2.29. The molecule has 0 bridgehead atoms. The average Bonchev–Trinajstić information content (AvgIpc) is 2.39. The van der Waals surface area contributed by atoms with Gasteiger partial charge in [0.05, 0.1) is 0 Å². The molecule has 1 saturated heterocycles. The third-order valence-electron chi connectivity index (χ3n) is 3.99. The number of sulfonamides is 1. The van der Waals surface area contributed by atoms with Crippen LogP contribution >= 0.6 is 12.4 Å². The lowest BCUT2D eigenvalue weighted by molar-refractivity contribution is 0.181. The van der Waals surface area contributed by atoms with Gasteiger partial charge in [0.15, 0.2) is 0 Å². The van der Waals surface area contributed by atoms with E-state index >= 15 is 0 Å². The summed E-state index contributed by atoms with van der Waals surface area (Å²) >= 11 is 0. The fourth-order valence-corrected chi connectivity index (χ4v) is 3.71. The van der Waals surface area contributed by atoms with Crippen LogP contribution < -0.4 is 10.0 Å². The molecule has 0 amide bonds. The highest BCUT2D eigenvalue weighted by Gasteiger charge is 2.33. The van der Waals surface area contributed by atoms with Gasteiger partial charge in [-0.25, -0.2) is 21.9 Å². The van der Waals surface area contributed by atoms with Gasteiger partial charge in [-0.2, -0.15) is 0 Å². The first-order chi connectivity index (χ1) is 9.72. The lowest BCUT2D eigenvalue weighted by Crippen LogP contribution is -2.52. The van der Waals surface area contributed by atoms with E-state index in [9.17, 15) is 17.2 Å². The number of hydrogen-bond donors (Lipinski definition) is 2. The van der Waals surface area contributed by atoms with Crippen LogP contribution in [0.4, 0.5) is 8.78 Å². The summed E-state index contributed by atoms with van der Waals surface area (Å²) in [6.45, 7) is 5.08. The summed E-state index contributed by atoms with van der Waals surface area (Å²) in [7, 11) is -4.07. The quantitative estimate of drug-likeness (QED) is 0.873. The fraction of sp³-hybridized carbons (Fsp3) is 0.571. The van der Waals surface area contributed by atoms with E-state index in [-0.39, 0.29) is 30.4 Å². The highest BCUT2D eigenvalue weighted by atomic mass is 35.5. The van der Waals surface area contributed by atoms with E-state index in [1.54, 1.807) is 0 Å². The van der Waals surface area contributed by atoms with E-state index in [0.717, 1.165) is 31.5 Å². The van der Waals surface area contributed by atoms with Gasteiger partial charge < -0.3 is 5.32 Å². The smallest absolute Gasteiger partial charge is 0.243 e. The molecule has 2 N–H and O–H groups in total. The van der Waals surface area contributed by atoms with Gasteiger partial charge >= 0.3 is 0 Å². The summed E-state index contributed by atoms with van der Waals surface area (Å²) in [6.07, 6.45) is 2.02. The minimum Gasteiger partial charge on any atom is -0.312 e. The Hall–Kier alpha value is -0.760. The van der Waals surface area contributed by atoms with Crippen molar-refractivity contribution in [3.05, 3.63) is 29.8 Å². The zero-order valence-electron chi connectivity index (χ0n) is 12.5. The van der Waals surface area contributed by atoms with Crippen LogP contribution in [0.25, 0.3) is 0 Å². The van der Waals surface area contributed by atoms with E-state index < -0.39 is 26.6 Å². The normalized spacial score (nSPS) is 21.2. The number of benzene rings is 1. The van der Waals surface area contributed by atoms with E-state index in [1.807, 2.05) is 0 Å². The highest BCUT2D eigenvalue weighted by molar-refractivity contribution is 7.89. The van der Waals surface area contributed by atoms with Crippen molar-refractivity contribution < 1.29 is 17.2 Å². The first-order valence-corrected chi connectivity index (χ1v) is 8.39. The summed E-state index contributed by atoms with van der Waals surface area (Å²) in [5.74, 6) is -1.74. The molecule has 1 aliphatic rings. The Bertz CT molecular complexity index is 623. The topological polar surface area (TPSA) is 58.2 Å². The Morgan fingerprint density at radius 2 is 2.05 bits per heavy atom. The second-order valence-electron chi connectivity index (χ2n) is 6.03. The Labute approximate surface area is 136 Å². The fourth-order valence-electron chi connectivity index (χ4n) is 2.57. The maximum absolute atomic E-state index is 13.6. The molecule has 22 heavy (non-hydrogen) atoms. The molecule has 0 radical (unpaired) electrons. The molecule has 1 aromatic carbocycles. The van der Waals surface area contributed by atoms with E-state index in [0.29, 0.717) is 6.07 Å². The van der Waals surface area contributed by atoms with Gasteiger partial charge in [-0.1, -0.05) is 13.8 Å². The van der Waals surface area contributed by atoms with Crippen LogP contribution in [0, 0.1) is 17.0 Å². The van der Waals surface area contributed by atoms with Crippen LogP contribution in [0.2, 0.25) is 0 Å². The maximum Gasteiger partial charge on any atom is 0.243 e. The predicted octanol–water partition coefficient (Wildman–Crippen LogP) is 2.44. The molecule has 1 fully saturated rings. The summed E-state index contributed by atoms with van der Waals surface area (Å²) in [6, 6.07) is 2.35. The second-order valence-corrected chi connectivity index (χ2v) is 7.76. The van der Waals surface area contributed by atoms with E-state index in [4.69, 9.17) is 0 Å². The van der Waals surface area contributed by atoms with E-state index in [2.05, 4.69) is 23.9 Å². The zero-order valence-corrected chi connectivity index (χ0v) is 14.2. The van der Waals surface area contributed by atoms with Gasteiger partial charge in [0, 0.05) is 12.6 Å². The second kappa shape index (κ2) is 7.21. The third-order valence-corrected chi connectivity index (χ3v) is 5.43. The van der Waals surface area contributed by atoms with Crippen molar-refractivity contribution in [1.82, 2.24) is 10.0 Å². The number of nitrogens with one attached hydrogen (secondary N) is 2. The largest absolute Gasteiger partial charge is 0.312 e. The lowest BCUT2D eigenvalue weighted by atomic mass is 9.78.